The molecule has 21 heavy (non-hydrogen) atoms. The van der Waals surface area contributed by atoms with Gasteiger partial charge in [-0.2, -0.15) is 0 Å². The number of hydrogen-bond acceptors (Lipinski definition) is 3. The summed E-state index contributed by atoms with van der Waals surface area (Å²) in [5.41, 5.74) is 2.04. The summed E-state index contributed by atoms with van der Waals surface area (Å²) in [6.45, 7) is 10.8. The normalized spacial score (nSPS) is 29.6. The number of cyclic esters (lactones) is 1. The van der Waals surface area contributed by atoms with Gasteiger partial charge in [-0.1, -0.05) is 38.8 Å². The molecule has 0 aromatic heterocycles. The zero-order valence-corrected chi connectivity index (χ0v) is 13.9. The first-order chi connectivity index (χ1) is 9.86. The highest BCUT2D eigenvalue weighted by Crippen LogP contribution is 2.38. The molecule has 0 N–H and O–H groups in total. The summed E-state index contributed by atoms with van der Waals surface area (Å²) in [5, 5.41) is 0. The molecule has 2 aliphatic rings. The second kappa shape index (κ2) is 6.67. The first-order valence-corrected chi connectivity index (χ1v) is 8.12. The smallest absolute Gasteiger partial charge is 0.318 e. The van der Waals surface area contributed by atoms with Crippen molar-refractivity contribution in [3.63, 3.8) is 0 Å². The summed E-state index contributed by atoms with van der Waals surface area (Å²) in [6.07, 6.45) is 6.00. The molecule has 0 saturated heterocycles. The first-order valence-electron chi connectivity index (χ1n) is 8.12. The molecule has 1 heterocycles. The molecule has 3 nitrogen and oxygen atoms in total. The molecule has 3 atom stereocenters. The molecule has 0 unspecified atom stereocenters. The Morgan fingerprint density at radius 1 is 1.33 bits per heavy atom. The van der Waals surface area contributed by atoms with Crippen LogP contribution in [0, 0.1) is 17.8 Å². The van der Waals surface area contributed by atoms with Gasteiger partial charge in [0.2, 0.25) is 0 Å². The van der Waals surface area contributed by atoms with Crippen LogP contribution in [-0.2, 0) is 14.3 Å². The van der Waals surface area contributed by atoms with E-state index in [9.17, 15) is 4.79 Å². The number of rotatable bonds is 4. The van der Waals surface area contributed by atoms with E-state index >= 15 is 0 Å². The minimum atomic E-state index is -0.206. The zero-order valence-electron chi connectivity index (χ0n) is 13.9. The second-order valence-electron chi connectivity index (χ2n) is 7.17. The average molecular weight is 292 g/mol. The van der Waals surface area contributed by atoms with Crippen molar-refractivity contribution in [3.8, 4) is 0 Å². The molecule has 0 radical (unpaired) electrons. The Hall–Kier alpha value is -1.25. The lowest BCUT2D eigenvalue weighted by molar-refractivity contribution is -0.144. The molecular weight excluding hydrogens is 264 g/mol. The van der Waals surface area contributed by atoms with Crippen molar-refractivity contribution >= 4 is 5.97 Å². The van der Waals surface area contributed by atoms with E-state index in [0.717, 1.165) is 17.6 Å². The monoisotopic (exact) mass is 292 g/mol. The summed E-state index contributed by atoms with van der Waals surface area (Å²) in [7, 11) is 0. The minimum Gasteiger partial charge on any atom is -0.461 e. The zero-order chi connectivity index (χ0) is 15.6. The molecule has 0 aromatic rings. The van der Waals surface area contributed by atoms with E-state index in [1.807, 2.05) is 19.9 Å². The summed E-state index contributed by atoms with van der Waals surface area (Å²) in [5.74, 6) is 2.05. The van der Waals surface area contributed by atoms with E-state index < -0.39 is 0 Å². The van der Waals surface area contributed by atoms with Crippen molar-refractivity contribution in [1.82, 2.24) is 0 Å². The Balaban J connectivity index is 2.16. The fraction of sp³-hybridized carbons (Fsp3) is 0.722. The maximum atomic E-state index is 11.6. The number of esters is 1. The summed E-state index contributed by atoms with van der Waals surface area (Å²) in [6, 6.07) is 0. The fourth-order valence-corrected chi connectivity index (χ4v) is 3.38. The third-order valence-electron chi connectivity index (χ3n) is 4.49. The van der Waals surface area contributed by atoms with Crippen molar-refractivity contribution in [2.75, 3.05) is 0 Å². The molecule has 1 saturated carbocycles. The second-order valence-corrected chi connectivity index (χ2v) is 7.17. The highest BCUT2D eigenvalue weighted by molar-refractivity contribution is 5.77. The van der Waals surface area contributed by atoms with Crippen molar-refractivity contribution in [3.05, 3.63) is 23.2 Å². The van der Waals surface area contributed by atoms with E-state index in [2.05, 4.69) is 20.8 Å². The highest BCUT2D eigenvalue weighted by atomic mass is 16.7. The van der Waals surface area contributed by atoms with Crippen molar-refractivity contribution < 1.29 is 14.3 Å². The van der Waals surface area contributed by atoms with E-state index in [4.69, 9.17) is 9.47 Å². The van der Waals surface area contributed by atoms with Gasteiger partial charge in [0.15, 0.2) is 0 Å². The number of carbonyl (C=O) groups is 1. The van der Waals surface area contributed by atoms with Crippen LogP contribution in [0.5, 0.6) is 0 Å². The van der Waals surface area contributed by atoms with Crippen LogP contribution >= 0.6 is 0 Å². The van der Waals surface area contributed by atoms with Crippen LogP contribution in [-0.4, -0.2) is 12.1 Å². The maximum Gasteiger partial charge on any atom is 0.318 e. The molecular formula is C18H28O3. The maximum absolute atomic E-state index is 11.6. The predicted molar refractivity (Wildman–Crippen MR) is 83.4 cm³/mol. The molecule has 0 amide bonds. The molecule has 0 bridgehead atoms. The van der Waals surface area contributed by atoms with Crippen molar-refractivity contribution in [1.29, 1.82) is 0 Å². The minimum absolute atomic E-state index is 0.162. The lowest BCUT2D eigenvalue weighted by Gasteiger charge is -2.37. The summed E-state index contributed by atoms with van der Waals surface area (Å²) < 4.78 is 11.5. The van der Waals surface area contributed by atoms with Gasteiger partial charge in [0.1, 0.15) is 6.10 Å². The van der Waals surface area contributed by atoms with Gasteiger partial charge in [0.05, 0.1) is 6.42 Å². The van der Waals surface area contributed by atoms with Crippen LogP contribution in [0.4, 0.5) is 0 Å². The van der Waals surface area contributed by atoms with Crippen LogP contribution in [0.25, 0.3) is 0 Å². The lowest BCUT2D eigenvalue weighted by atomic mass is 9.75. The quantitative estimate of drug-likeness (QED) is 0.711. The van der Waals surface area contributed by atoms with E-state index in [0.29, 0.717) is 30.1 Å². The standard InChI is InChI=1S/C18H28O3/c1-11(2)8-14-10-17(19)21-18(14)20-16-9-13(5)6-7-15(16)12(3)4/h8,12-13,15-16H,6-7,9-10H2,1-5H3/t13-,15+,16-/m0/s1. The largest absolute Gasteiger partial charge is 0.461 e. The van der Waals surface area contributed by atoms with Crippen molar-refractivity contribution in [2.45, 2.75) is 66.4 Å². The molecule has 2 rings (SSSR count). The third-order valence-corrected chi connectivity index (χ3v) is 4.49. The Bertz CT molecular complexity index is 455. The van der Waals surface area contributed by atoms with Crippen LogP contribution in [0.2, 0.25) is 0 Å². The van der Waals surface area contributed by atoms with Crippen LogP contribution in [0.1, 0.15) is 60.3 Å². The van der Waals surface area contributed by atoms with Crippen LogP contribution < -0.4 is 0 Å². The number of allylic oxidation sites excluding steroid dienone is 2. The molecule has 118 valence electrons. The van der Waals surface area contributed by atoms with Crippen molar-refractivity contribution in [2.24, 2.45) is 17.8 Å². The molecule has 3 heteroatoms. The molecule has 1 fully saturated rings. The Labute approximate surface area is 128 Å². The van der Waals surface area contributed by atoms with Gasteiger partial charge in [0, 0.05) is 5.57 Å². The van der Waals surface area contributed by atoms with Gasteiger partial charge >= 0.3 is 5.97 Å². The molecule has 0 spiro atoms. The van der Waals surface area contributed by atoms with Gasteiger partial charge < -0.3 is 9.47 Å². The average Bonchev–Trinajstić information content (AvgIpc) is 2.68. The van der Waals surface area contributed by atoms with Gasteiger partial charge in [-0.3, -0.25) is 4.79 Å². The summed E-state index contributed by atoms with van der Waals surface area (Å²) >= 11 is 0. The predicted octanol–water partition coefficient (Wildman–Crippen LogP) is 4.59. The number of ether oxygens (including phenoxy) is 2. The summed E-state index contributed by atoms with van der Waals surface area (Å²) in [4.78, 5) is 11.6. The van der Waals surface area contributed by atoms with Crippen LogP contribution in [0.15, 0.2) is 23.2 Å². The molecule has 0 aromatic carbocycles. The highest BCUT2D eigenvalue weighted by Gasteiger charge is 2.35. The van der Waals surface area contributed by atoms with Crippen LogP contribution in [0.3, 0.4) is 0 Å². The fourth-order valence-electron chi connectivity index (χ4n) is 3.38. The van der Waals surface area contributed by atoms with E-state index in [1.54, 1.807) is 0 Å². The number of carbonyl (C=O) groups excluding carboxylic acids is 1. The Kier molecular flexibility index (Phi) is 5.13. The van der Waals surface area contributed by atoms with E-state index in [1.165, 1.54) is 12.8 Å². The first kappa shape index (κ1) is 16.1. The Morgan fingerprint density at radius 2 is 2.05 bits per heavy atom. The van der Waals surface area contributed by atoms with Gasteiger partial charge in [0.25, 0.3) is 5.95 Å². The van der Waals surface area contributed by atoms with Gasteiger partial charge in [-0.25, -0.2) is 0 Å². The third kappa shape index (κ3) is 4.12. The lowest BCUT2D eigenvalue weighted by Crippen LogP contribution is -2.34. The Morgan fingerprint density at radius 3 is 2.67 bits per heavy atom. The van der Waals surface area contributed by atoms with E-state index in [-0.39, 0.29) is 12.1 Å². The number of hydrogen-bond donors (Lipinski definition) is 0. The SMILES string of the molecule is CC(C)=CC1=C(O[C@H]2C[C@@H](C)CC[C@@H]2C(C)C)OC(=O)C1. The van der Waals surface area contributed by atoms with Gasteiger partial charge in [-0.05, 0) is 44.4 Å². The molecule has 1 aliphatic carbocycles. The topological polar surface area (TPSA) is 35.5 Å². The van der Waals surface area contributed by atoms with Gasteiger partial charge in [-0.15, -0.1) is 0 Å². The molecule has 1 aliphatic heterocycles.